The van der Waals surface area contributed by atoms with Crippen LogP contribution in [0.3, 0.4) is 0 Å². The van der Waals surface area contributed by atoms with Crippen LogP contribution in [0.25, 0.3) is 0 Å². The maximum Gasteiger partial charge on any atom is 0.308 e. The van der Waals surface area contributed by atoms with Crippen LogP contribution < -0.4 is 9.47 Å². The van der Waals surface area contributed by atoms with Crippen molar-refractivity contribution in [1.29, 1.82) is 0 Å². The van der Waals surface area contributed by atoms with E-state index in [1.165, 1.54) is 37.8 Å². The molecule has 3 unspecified atom stereocenters. The Kier molecular flexibility index (Phi) is 2.77. The molecular formula is C22H22O5. The van der Waals surface area contributed by atoms with E-state index in [4.69, 9.17) is 14.2 Å². The van der Waals surface area contributed by atoms with Crippen molar-refractivity contribution < 1.29 is 23.8 Å². The van der Waals surface area contributed by atoms with Gasteiger partial charge in [-0.3, -0.25) is 9.59 Å². The highest BCUT2D eigenvalue weighted by Crippen LogP contribution is 2.77. The Morgan fingerprint density at radius 3 is 2.81 bits per heavy atom. The Labute approximate surface area is 157 Å². The van der Waals surface area contributed by atoms with Gasteiger partial charge in [0.25, 0.3) is 0 Å². The van der Waals surface area contributed by atoms with Crippen molar-refractivity contribution in [1.82, 2.24) is 0 Å². The first-order chi connectivity index (χ1) is 13.0. The first-order valence-corrected chi connectivity index (χ1v) is 9.83. The molecule has 0 saturated heterocycles. The minimum atomic E-state index is -0.408. The van der Waals surface area contributed by atoms with Gasteiger partial charge in [0.05, 0.1) is 0 Å². The van der Waals surface area contributed by atoms with Crippen LogP contribution in [0, 0.1) is 17.3 Å². The lowest BCUT2D eigenvalue weighted by atomic mass is 9.49. The zero-order valence-corrected chi connectivity index (χ0v) is 15.5. The van der Waals surface area contributed by atoms with Gasteiger partial charge in [0.2, 0.25) is 0 Å². The molecule has 2 spiro atoms. The van der Waals surface area contributed by atoms with Gasteiger partial charge in [-0.1, -0.05) is 12.1 Å². The molecule has 27 heavy (non-hydrogen) atoms. The molecule has 0 aromatic heterocycles. The van der Waals surface area contributed by atoms with Crippen LogP contribution in [0.5, 0.6) is 11.5 Å². The van der Waals surface area contributed by atoms with Crippen LogP contribution in [-0.4, -0.2) is 24.1 Å². The predicted octanol–water partition coefficient (Wildman–Crippen LogP) is 3.08. The van der Waals surface area contributed by atoms with E-state index >= 15 is 0 Å². The summed E-state index contributed by atoms with van der Waals surface area (Å²) >= 11 is 0. The quantitative estimate of drug-likeness (QED) is 0.457. The molecule has 5 aliphatic rings. The lowest BCUT2D eigenvalue weighted by Crippen LogP contribution is -2.59. The molecule has 0 N–H and O–H groups in total. The van der Waals surface area contributed by atoms with E-state index in [1.54, 1.807) is 0 Å². The SMILES string of the molecule is CC(=O)Oc1ccc2c3c1O[C@H]1[C@@H](OC(C)=O)C=CC4C5(C2)CC5CC[C@@]341. The molecule has 4 aliphatic carbocycles. The van der Waals surface area contributed by atoms with Gasteiger partial charge < -0.3 is 14.2 Å². The molecule has 2 bridgehead atoms. The highest BCUT2D eigenvalue weighted by molar-refractivity contribution is 5.73. The van der Waals surface area contributed by atoms with Crippen LogP contribution >= 0.6 is 0 Å². The van der Waals surface area contributed by atoms with Crippen LogP contribution in [0.1, 0.15) is 44.2 Å². The monoisotopic (exact) mass is 366 g/mol. The van der Waals surface area contributed by atoms with E-state index in [2.05, 4.69) is 12.1 Å². The Morgan fingerprint density at radius 2 is 2.04 bits per heavy atom. The Morgan fingerprint density at radius 1 is 1.19 bits per heavy atom. The summed E-state index contributed by atoms with van der Waals surface area (Å²) in [4.78, 5) is 23.3. The van der Waals surface area contributed by atoms with Gasteiger partial charge >= 0.3 is 11.9 Å². The lowest BCUT2D eigenvalue weighted by Gasteiger charge is -2.54. The van der Waals surface area contributed by atoms with Gasteiger partial charge in [0, 0.05) is 24.8 Å². The van der Waals surface area contributed by atoms with Crippen LogP contribution in [0.2, 0.25) is 0 Å². The lowest BCUT2D eigenvalue weighted by molar-refractivity contribution is -0.151. The Hall–Kier alpha value is -2.30. The largest absolute Gasteiger partial charge is 0.481 e. The van der Waals surface area contributed by atoms with E-state index in [0.29, 0.717) is 22.8 Å². The van der Waals surface area contributed by atoms with Gasteiger partial charge in [-0.2, -0.15) is 0 Å². The minimum Gasteiger partial charge on any atom is -0.481 e. The molecule has 0 radical (unpaired) electrons. The maximum absolute atomic E-state index is 11.7. The Bertz CT molecular complexity index is 933. The van der Waals surface area contributed by atoms with Crippen molar-refractivity contribution in [2.24, 2.45) is 17.3 Å². The van der Waals surface area contributed by atoms with E-state index < -0.39 is 6.10 Å². The number of benzene rings is 1. The molecule has 140 valence electrons. The minimum absolute atomic E-state index is 0.180. The Balaban J connectivity index is 1.58. The second-order valence-corrected chi connectivity index (χ2v) is 8.89. The van der Waals surface area contributed by atoms with Crippen LogP contribution in [-0.2, 0) is 26.2 Å². The second kappa shape index (κ2) is 4.75. The van der Waals surface area contributed by atoms with Crippen molar-refractivity contribution in [2.75, 3.05) is 0 Å². The third-order valence-corrected chi connectivity index (χ3v) is 7.65. The average Bonchev–Trinajstić information content (AvgIpc) is 3.17. The standard InChI is InChI=1S/C22H22O5/c1-11(23)25-15-4-3-13-9-21-10-14(21)7-8-22-17(21)6-5-16(26-12(2)24)20(22)27-19(15)18(13)22/h3-6,14,16-17,20H,7-10H2,1-2H3/t14?,16-,17?,20-,21?,22-/m0/s1. The predicted molar refractivity (Wildman–Crippen MR) is 95.5 cm³/mol. The summed E-state index contributed by atoms with van der Waals surface area (Å²) in [5.74, 6) is 1.71. The molecule has 2 fully saturated rings. The summed E-state index contributed by atoms with van der Waals surface area (Å²) in [6, 6.07) is 3.98. The number of hydrogen-bond acceptors (Lipinski definition) is 5. The van der Waals surface area contributed by atoms with Crippen LogP contribution in [0.15, 0.2) is 24.3 Å². The van der Waals surface area contributed by atoms with Crippen molar-refractivity contribution in [3.05, 3.63) is 35.4 Å². The van der Waals surface area contributed by atoms with Crippen molar-refractivity contribution >= 4 is 11.9 Å². The fraction of sp³-hybridized carbons (Fsp3) is 0.545. The third-order valence-electron chi connectivity index (χ3n) is 7.65. The third kappa shape index (κ3) is 1.76. The number of hydrogen-bond donors (Lipinski definition) is 0. The summed E-state index contributed by atoms with van der Waals surface area (Å²) in [6.45, 7) is 2.85. The van der Waals surface area contributed by atoms with Crippen LogP contribution in [0.4, 0.5) is 0 Å². The van der Waals surface area contributed by atoms with Gasteiger partial charge in [-0.05, 0) is 60.6 Å². The molecule has 5 heteroatoms. The van der Waals surface area contributed by atoms with Gasteiger partial charge in [0.1, 0.15) is 6.10 Å². The van der Waals surface area contributed by atoms with Crippen molar-refractivity contribution in [3.8, 4) is 11.5 Å². The molecule has 5 nitrogen and oxygen atoms in total. The first kappa shape index (κ1) is 15.7. The summed E-state index contributed by atoms with van der Waals surface area (Å²) in [5, 5.41) is 0. The average molecular weight is 366 g/mol. The van der Waals surface area contributed by atoms with E-state index in [9.17, 15) is 9.59 Å². The topological polar surface area (TPSA) is 61.8 Å². The molecule has 1 aliphatic heterocycles. The second-order valence-electron chi connectivity index (χ2n) is 8.89. The number of allylic oxidation sites excluding steroid dienone is 1. The number of rotatable bonds is 2. The normalized spacial score (nSPS) is 41.1. The highest BCUT2D eigenvalue weighted by atomic mass is 16.6. The molecule has 1 aromatic rings. The fourth-order valence-electron chi connectivity index (χ4n) is 6.86. The molecule has 1 heterocycles. The van der Waals surface area contributed by atoms with Gasteiger partial charge in [-0.25, -0.2) is 0 Å². The summed E-state index contributed by atoms with van der Waals surface area (Å²) < 4.78 is 17.6. The number of carbonyl (C=O) groups is 2. The highest BCUT2D eigenvalue weighted by Gasteiger charge is 2.75. The molecule has 1 aromatic carbocycles. The van der Waals surface area contributed by atoms with Crippen molar-refractivity contribution in [3.63, 3.8) is 0 Å². The maximum atomic E-state index is 11.7. The van der Waals surface area contributed by atoms with Gasteiger partial charge in [0.15, 0.2) is 17.6 Å². The smallest absolute Gasteiger partial charge is 0.308 e. The molecular weight excluding hydrogens is 344 g/mol. The van der Waals surface area contributed by atoms with Gasteiger partial charge in [-0.15, -0.1) is 0 Å². The number of ether oxygens (including phenoxy) is 3. The number of carbonyl (C=O) groups excluding carboxylic acids is 2. The van der Waals surface area contributed by atoms with Crippen molar-refractivity contribution in [2.45, 2.75) is 57.2 Å². The van der Waals surface area contributed by atoms with E-state index in [-0.39, 0.29) is 23.5 Å². The molecule has 6 atom stereocenters. The fourth-order valence-corrected chi connectivity index (χ4v) is 6.86. The molecule has 0 amide bonds. The molecule has 2 saturated carbocycles. The van der Waals surface area contributed by atoms with E-state index in [0.717, 1.165) is 18.8 Å². The zero-order valence-electron chi connectivity index (χ0n) is 15.5. The van der Waals surface area contributed by atoms with E-state index in [1.807, 2.05) is 12.1 Å². The summed E-state index contributed by atoms with van der Waals surface area (Å²) in [5.41, 5.74) is 2.67. The molecule has 6 rings (SSSR count). The zero-order chi connectivity index (χ0) is 18.6. The first-order valence-electron chi connectivity index (χ1n) is 9.83. The summed E-state index contributed by atoms with van der Waals surface area (Å²) in [7, 11) is 0. The number of esters is 2. The summed E-state index contributed by atoms with van der Waals surface area (Å²) in [6.07, 6.45) is 8.22.